The van der Waals surface area contributed by atoms with Crippen molar-refractivity contribution < 1.29 is 19.1 Å². The molecule has 2 rings (SSSR count). The number of aromatic carboxylic acids is 1. The molecule has 1 heterocycles. The zero-order valence-corrected chi connectivity index (χ0v) is 10.4. The van der Waals surface area contributed by atoms with Gasteiger partial charge in [0.2, 0.25) is 0 Å². The summed E-state index contributed by atoms with van der Waals surface area (Å²) in [5.74, 6) is -1.12. The van der Waals surface area contributed by atoms with Crippen LogP contribution in [0.1, 0.15) is 16.1 Å². The lowest BCUT2D eigenvalue weighted by molar-refractivity contribution is 0.0690. The molecule has 0 saturated heterocycles. The largest absolute Gasteiger partial charge is 0.476 e. The molecule has 2 aromatic rings. The van der Waals surface area contributed by atoms with Crippen molar-refractivity contribution in [2.45, 2.75) is 6.42 Å². The van der Waals surface area contributed by atoms with Crippen molar-refractivity contribution in [1.82, 2.24) is 4.98 Å². The van der Waals surface area contributed by atoms with Crippen LogP contribution in [0, 0.1) is 0 Å². The lowest BCUT2D eigenvalue weighted by Crippen LogP contribution is -2.01. The van der Waals surface area contributed by atoms with Gasteiger partial charge in [-0.05, 0) is 18.1 Å². The highest BCUT2D eigenvalue weighted by Crippen LogP contribution is 2.21. The molecule has 0 amide bonds. The minimum atomic E-state index is -1.12. The van der Waals surface area contributed by atoms with Crippen LogP contribution in [0.5, 0.6) is 0 Å². The third kappa shape index (κ3) is 3.32. The first kappa shape index (κ1) is 13.1. The zero-order chi connectivity index (χ0) is 13.7. The van der Waals surface area contributed by atoms with Crippen molar-refractivity contribution in [3.05, 3.63) is 41.8 Å². The minimum absolute atomic E-state index is 0.128. The first-order chi connectivity index (χ1) is 9.20. The fourth-order valence-corrected chi connectivity index (χ4v) is 1.62. The van der Waals surface area contributed by atoms with E-state index in [0.717, 1.165) is 23.9 Å². The number of carboxylic acids is 1. The van der Waals surface area contributed by atoms with Gasteiger partial charge in [-0.3, -0.25) is 0 Å². The SMILES string of the molecule is COCCc1ccccc1Nc1nc(C(=O)O)co1. The molecule has 0 bridgehead atoms. The van der Waals surface area contributed by atoms with E-state index in [9.17, 15) is 4.79 Å². The number of ether oxygens (including phenoxy) is 1. The van der Waals surface area contributed by atoms with Gasteiger partial charge < -0.3 is 19.6 Å². The summed E-state index contributed by atoms with van der Waals surface area (Å²) < 4.78 is 10.1. The number of para-hydroxylation sites is 1. The summed E-state index contributed by atoms with van der Waals surface area (Å²) in [6.07, 6.45) is 1.84. The average molecular weight is 262 g/mol. The molecule has 6 heteroatoms. The van der Waals surface area contributed by atoms with Gasteiger partial charge in [0.15, 0.2) is 5.69 Å². The molecule has 1 aromatic heterocycles. The highest BCUT2D eigenvalue weighted by Gasteiger charge is 2.11. The number of benzene rings is 1. The number of rotatable bonds is 6. The molecule has 0 aliphatic carbocycles. The number of carbonyl (C=O) groups is 1. The second-order valence-corrected chi connectivity index (χ2v) is 3.87. The summed E-state index contributed by atoms with van der Waals surface area (Å²) in [6, 6.07) is 7.79. The monoisotopic (exact) mass is 262 g/mol. The number of oxazole rings is 1. The quantitative estimate of drug-likeness (QED) is 0.831. The van der Waals surface area contributed by atoms with E-state index in [0.29, 0.717) is 6.61 Å². The lowest BCUT2D eigenvalue weighted by Gasteiger charge is -2.08. The maximum Gasteiger partial charge on any atom is 0.357 e. The summed E-state index contributed by atoms with van der Waals surface area (Å²) in [4.78, 5) is 14.5. The molecule has 0 atom stereocenters. The van der Waals surface area contributed by atoms with E-state index in [2.05, 4.69) is 10.3 Å². The van der Waals surface area contributed by atoms with Crippen LogP contribution in [-0.2, 0) is 11.2 Å². The molecule has 0 fully saturated rings. The number of carboxylic acid groups (broad SMARTS) is 1. The van der Waals surface area contributed by atoms with Crippen LogP contribution >= 0.6 is 0 Å². The maximum atomic E-state index is 10.7. The Hall–Kier alpha value is -2.34. The van der Waals surface area contributed by atoms with Crippen molar-refractivity contribution in [3.8, 4) is 0 Å². The van der Waals surface area contributed by atoms with Crippen LogP contribution in [-0.4, -0.2) is 29.8 Å². The van der Waals surface area contributed by atoms with Crippen LogP contribution in [0.25, 0.3) is 0 Å². The first-order valence-corrected chi connectivity index (χ1v) is 5.73. The van der Waals surface area contributed by atoms with Gasteiger partial charge in [0.1, 0.15) is 6.26 Å². The fourth-order valence-electron chi connectivity index (χ4n) is 1.62. The fraction of sp³-hybridized carbons (Fsp3) is 0.231. The van der Waals surface area contributed by atoms with Crippen molar-refractivity contribution >= 4 is 17.7 Å². The molecule has 0 unspecified atom stereocenters. The predicted octanol–water partition coefficient (Wildman–Crippen LogP) is 2.31. The topological polar surface area (TPSA) is 84.6 Å². The number of anilines is 2. The van der Waals surface area contributed by atoms with E-state index in [-0.39, 0.29) is 11.7 Å². The summed E-state index contributed by atoms with van der Waals surface area (Å²) in [6.45, 7) is 0.602. The van der Waals surface area contributed by atoms with Crippen LogP contribution in [0.2, 0.25) is 0 Å². The van der Waals surface area contributed by atoms with Crippen molar-refractivity contribution in [2.24, 2.45) is 0 Å². The van der Waals surface area contributed by atoms with E-state index in [4.69, 9.17) is 14.3 Å². The van der Waals surface area contributed by atoms with Crippen LogP contribution < -0.4 is 5.32 Å². The smallest absolute Gasteiger partial charge is 0.357 e. The molecule has 1 aromatic carbocycles. The van der Waals surface area contributed by atoms with Gasteiger partial charge >= 0.3 is 5.97 Å². The standard InChI is InChI=1S/C13H14N2O4/c1-18-7-6-9-4-2-3-5-10(9)14-13-15-11(8-19-13)12(16)17/h2-5,8H,6-7H2,1H3,(H,14,15)(H,16,17). The highest BCUT2D eigenvalue weighted by molar-refractivity contribution is 5.85. The maximum absolute atomic E-state index is 10.7. The van der Waals surface area contributed by atoms with Crippen LogP contribution in [0.4, 0.5) is 11.7 Å². The Kier molecular flexibility index (Phi) is 4.15. The Morgan fingerprint density at radius 2 is 2.26 bits per heavy atom. The Balaban J connectivity index is 2.15. The molecular weight excluding hydrogens is 248 g/mol. The molecular formula is C13H14N2O4. The molecule has 2 N–H and O–H groups in total. The number of hydrogen-bond acceptors (Lipinski definition) is 5. The van der Waals surface area contributed by atoms with Crippen molar-refractivity contribution in [3.63, 3.8) is 0 Å². The molecule has 0 aliphatic rings. The number of hydrogen-bond donors (Lipinski definition) is 2. The normalized spacial score (nSPS) is 10.4. The summed E-state index contributed by atoms with van der Waals surface area (Å²) in [5.41, 5.74) is 1.73. The lowest BCUT2D eigenvalue weighted by atomic mass is 10.1. The van der Waals surface area contributed by atoms with E-state index < -0.39 is 5.97 Å². The molecule has 6 nitrogen and oxygen atoms in total. The third-order valence-corrected chi connectivity index (χ3v) is 2.56. The van der Waals surface area contributed by atoms with Crippen molar-refractivity contribution in [1.29, 1.82) is 0 Å². The summed E-state index contributed by atoms with van der Waals surface area (Å²) >= 11 is 0. The molecule has 19 heavy (non-hydrogen) atoms. The first-order valence-electron chi connectivity index (χ1n) is 5.73. The van der Waals surface area contributed by atoms with E-state index >= 15 is 0 Å². The number of nitrogens with zero attached hydrogens (tertiary/aromatic N) is 1. The second-order valence-electron chi connectivity index (χ2n) is 3.87. The van der Waals surface area contributed by atoms with Crippen LogP contribution in [0.3, 0.4) is 0 Å². The number of nitrogens with one attached hydrogen (secondary N) is 1. The van der Waals surface area contributed by atoms with Gasteiger partial charge in [0.05, 0.1) is 6.61 Å². The van der Waals surface area contributed by atoms with Gasteiger partial charge in [-0.15, -0.1) is 0 Å². The van der Waals surface area contributed by atoms with Gasteiger partial charge in [0.25, 0.3) is 6.01 Å². The Morgan fingerprint density at radius 1 is 1.47 bits per heavy atom. The van der Waals surface area contributed by atoms with Gasteiger partial charge in [0, 0.05) is 12.8 Å². The molecule has 0 radical (unpaired) electrons. The predicted molar refractivity (Wildman–Crippen MR) is 68.8 cm³/mol. The molecule has 0 saturated carbocycles. The average Bonchev–Trinajstić information content (AvgIpc) is 2.86. The summed E-state index contributed by atoms with van der Waals surface area (Å²) in [7, 11) is 1.64. The molecule has 0 aliphatic heterocycles. The van der Waals surface area contributed by atoms with E-state index in [1.165, 1.54) is 0 Å². The second kappa shape index (κ2) is 6.01. The van der Waals surface area contributed by atoms with E-state index in [1.807, 2.05) is 24.3 Å². The molecule has 0 spiro atoms. The van der Waals surface area contributed by atoms with Gasteiger partial charge in [-0.2, -0.15) is 4.98 Å². The Morgan fingerprint density at radius 3 is 2.95 bits per heavy atom. The zero-order valence-electron chi connectivity index (χ0n) is 10.4. The van der Waals surface area contributed by atoms with Crippen molar-refractivity contribution in [2.75, 3.05) is 19.0 Å². The Bertz CT molecular complexity index is 565. The van der Waals surface area contributed by atoms with Gasteiger partial charge in [-0.1, -0.05) is 18.2 Å². The third-order valence-electron chi connectivity index (χ3n) is 2.56. The Labute approximate surface area is 110 Å². The van der Waals surface area contributed by atoms with Gasteiger partial charge in [-0.25, -0.2) is 4.79 Å². The minimum Gasteiger partial charge on any atom is -0.476 e. The molecule has 100 valence electrons. The summed E-state index contributed by atoms with van der Waals surface area (Å²) in [5, 5.41) is 11.7. The highest BCUT2D eigenvalue weighted by atomic mass is 16.5. The van der Waals surface area contributed by atoms with Crippen LogP contribution in [0.15, 0.2) is 34.9 Å². The van der Waals surface area contributed by atoms with E-state index in [1.54, 1.807) is 7.11 Å². The number of aromatic nitrogens is 1. The number of methoxy groups -OCH3 is 1.